The van der Waals surface area contributed by atoms with E-state index in [-0.39, 0.29) is 47.6 Å². The predicted octanol–water partition coefficient (Wildman–Crippen LogP) is 8.61. The zero-order chi connectivity index (χ0) is 33.0. The summed E-state index contributed by atoms with van der Waals surface area (Å²) >= 11 is 0. The first-order valence-corrected chi connectivity index (χ1v) is 20.8. The lowest BCUT2D eigenvalue weighted by Gasteiger charge is -2.57. The summed E-state index contributed by atoms with van der Waals surface area (Å²) in [5.41, 5.74) is 4.44. The van der Waals surface area contributed by atoms with Crippen molar-refractivity contribution in [3.63, 3.8) is 0 Å². The predicted molar refractivity (Wildman–Crippen MR) is 191 cm³/mol. The number of carbonyl (C=O) groups excluding carboxylic acids is 2. The molecule has 6 atom stereocenters. The Morgan fingerprint density at radius 1 is 1.12 bits per heavy atom. The lowest BCUT2D eigenvalue weighted by molar-refractivity contribution is -0.135. The van der Waals surface area contributed by atoms with E-state index in [1.54, 1.807) is 10.8 Å². The van der Waals surface area contributed by atoms with Crippen LogP contribution in [-0.4, -0.2) is 40.3 Å². The van der Waals surface area contributed by atoms with Crippen LogP contribution < -0.4 is 5.32 Å². The average Bonchev–Trinajstić information content (AvgIpc) is 3.78. The highest BCUT2D eigenvalue weighted by Gasteiger charge is 2.68. The van der Waals surface area contributed by atoms with Gasteiger partial charge in [-0.15, -0.1) is 0 Å². The number of rotatable bonds is 5. The fraction of sp³-hybridized carbons (Fsp3) is 0.615. The summed E-state index contributed by atoms with van der Waals surface area (Å²) in [4.78, 5) is 33.2. The van der Waals surface area contributed by atoms with Gasteiger partial charge in [0.25, 0.3) is 0 Å². The Bertz CT molecular complexity index is 1620. The zero-order valence-electron chi connectivity index (χ0n) is 28.2. The molecule has 2 N–H and O–H groups in total. The number of anilines is 1. The van der Waals surface area contributed by atoms with E-state index >= 15 is 0 Å². The van der Waals surface area contributed by atoms with Gasteiger partial charge in [-0.1, -0.05) is 48.3 Å². The second kappa shape index (κ2) is 13.0. The average molecular weight is 689 g/mol. The van der Waals surface area contributed by atoms with E-state index in [0.29, 0.717) is 12.3 Å². The van der Waals surface area contributed by atoms with Crippen LogP contribution in [0.2, 0.25) is 0 Å². The van der Waals surface area contributed by atoms with Crippen molar-refractivity contribution in [2.45, 2.75) is 96.8 Å². The fourth-order valence-electron chi connectivity index (χ4n) is 10.6. The Morgan fingerprint density at radius 3 is 2.79 bits per heavy atom. The molecule has 4 heterocycles. The third-order valence-corrected chi connectivity index (χ3v) is 15.2. The molecule has 3 aliphatic heterocycles. The molecule has 9 heteroatoms. The van der Waals surface area contributed by atoms with Crippen LogP contribution >= 0.6 is 21.6 Å². The van der Waals surface area contributed by atoms with E-state index in [9.17, 15) is 14.7 Å². The van der Waals surface area contributed by atoms with Gasteiger partial charge in [-0.05, 0) is 123 Å². The normalized spacial score (nSPS) is 35.9. The first-order valence-electron chi connectivity index (χ1n) is 18.3. The summed E-state index contributed by atoms with van der Waals surface area (Å²) in [6.45, 7) is 4.61. The van der Waals surface area contributed by atoms with E-state index < -0.39 is 5.41 Å². The monoisotopic (exact) mass is 688 g/mol. The third-order valence-electron chi connectivity index (χ3n) is 12.8. The highest BCUT2D eigenvalue weighted by molar-refractivity contribution is 8.76. The van der Waals surface area contributed by atoms with Crippen molar-refractivity contribution in [2.75, 3.05) is 23.6 Å². The second-order valence-electron chi connectivity index (χ2n) is 15.3. The number of nitrogens with one attached hydrogen (secondary N) is 1. The lowest BCUT2D eigenvalue weighted by Crippen LogP contribution is -2.53. The highest BCUT2D eigenvalue weighted by atomic mass is 33.1. The van der Waals surface area contributed by atoms with Crippen LogP contribution in [0.3, 0.4) is 0 Å². The Balaban J connectivity index is 1.33. The summed E-state index contributed by atoms with van der Waals surface area (Å²) < 4.78 is 12.7. The second-order valence-corrected chi connectivity index (χ2v) is 17.8. The van der Waals surface area contributed by atoms with E-state index in [1.165, 1.54) is 18.4 Å². The van der Waals surface area contributed by atoms with Crippen LogP contribution in [0.15, 0.2) is 64.3 Å². The molecule has 8 aliphatic rings. The molecular formula is C39H48N2O5S2. The van der Waals surface area contributed by atoms with Crippen molar-refractivity contribution in [3.05, 3.63) is 69.9 Å². The minimum atomic E-state index is -0.679. The maximum atomic E-state index is 14.4. The van der Waals surface area contributed by atoms with Gasteiger partial charge in [-0.3, -0.25) is 0 Å². The van der Waals surface area contributed by atoms with E-state index in [1.807, 2.05) is 17.0 Å². The van der Waals surface area contributed by atoms with E-state index in [2.05, 4.69) is 48.4 Å². The number of carbonyl (C=O) groups is 2. The quantitative estimate of drug-likeness (QED) is 0.233. The molecule has 256 valence electrons. The van der Waals surface area contributed by atoms with Crippen LogP contribution in [0.25, 0.3) is 0 Å². The number of ether oxygens (including phenoxy) is 2. The molecule has 7 nitrogen and oxygen atoms in total. The molecule has 0 radical (unpaired) electrons. The van der Waals surface area contributed by atoms with Gasteiger partial charge in [0, 0.05) is 41.5 Å². The summed E-state index contributed by atoms with van der Waals surface area (Å²) in [5.74, 6) is 4.26. The fourth-order valence-corrected chi connectivity index (χ4v) is 12.7. The largest absolute Gasteiger partial charge is 0.427 e. The molecule has 9 rings (SSSR count). The number of cyclic esters (lactones) is 1. The summed E-state index contributed by atoms with van der Waals surface area (Å²) in [5, 5.41) is 13.5. The smallest absolute Gasteiger partial charge is 0.340 e. The molecule has 1 aromatic rings. The van der Waals surface area contributed by atoms with E-state index in [4.69, 9.17) is 9.47 Å². The van der Waals surface area contributed by atoms with Crippen molar-refractivity contribution >= 4 is 39.3 Å². The number of fused-ring (bicyclic) bond motifs is 3. The van der Waals surface area contributed by atoms with Gasteiger partial charge in [-0.25, -0.2) is 14.6 Å². The first kappa shape index (κ1) is 32.7. The van der Waals surface area contributed by atoms with Crippen LogP contribution in [0.5, 0.6) is 0 Å². The standard InChI is InChI=1S/C39H48N2O5S2/c1-3-38(14-4-5-15-38)20-29-28-10-9-27-26-12-16-39(34(27)33(28)36(43)45-29)30-11-8-23(2)21-47-48-22-41-31-19-24(13-17-40-31)25(7-6-18-42)32(26)35(39)37(44)46-30/h11,13,17,19-20,23,25-27,34,42H,3-10,12,14-16,18,21-22H2,1-2H3,(H,40,41)/b29-20-,30-11-/t23-,25+,26+,27+,34-,39+/m1/s1. The Labute approximate surface area is 292 Å². The molecule has 7 bridgehead atoms. The van der Waals surface area contributed by atoms with Crippen molar-refractivity contribution in [1.82, 2.24) is 4.98 Å². The summed E-state index contributed by atoms with van der Waals surface area (Å²) in [6, 6.07) is 4.22. The Kier molecular flexibility index (Phi) is 8.86. The number of hydrogen-bond donors (Lipinski definition) is 2. The van der Waals surface area contributed by atoms with Crippen molar-refractivity contribution < 1.29 is 24.2 Å². The molecule has 1 spiro atoms. The number of aliphatic hydroxyl groups excluding tert-OH is 1. The molecule has 0 unspecified atom stereocenters. The van der Waals surface area contributed by atoms with Gasteiger partial charge in [0.1, 0.15) is 17.3 Å². The van der Waals surface area contributed by atoms with Gasteiger partial charge in [0.05, 0.1) is 16.9 Å². The Hall–Kier alpha value is -2.49. The topological polar surface area (TPSA) is 97.8 Å². The SMILES string of the molecule is CCC1(/C=C2\OC(=O)C3=C2CC[C@H]2[C@@H]4CC[C@@]5(C6=C4[C@@H](CCCO)c4ccnc(c4)NCSSC[C@H](C)C/C=C/5OC6=O)[C@@H]32)CCCC1. The van der Waals surface area contributed by atoms with Gasteiger partial charge in [-0.2, -0.15) is 0 Å². The van der Waals surface area contributed by atoms with Crippen LogP contribution in [0, 0.1) is 34.5 Å². The molecule has 1 saturated heterocycles. The summed E-state index contributed by atoms with van der Waals surface area (Å²) in [7, 11) is 3.64. The van der Waals surface area contributed by atoms with Crippen LogP contribution in [0.4, 0.5) is 5.82 Å². The molecule has 1 aromatic heterocycles. The molecule has 2 saturated carbocycles. The van der Waals surface area contributed by atoms with Crippen molar-refractivity contribution in [3.8, 4) is 0 Å². The van der Waals surface area contributed by atoms with Crippen molar-refractivity contribution in [1.29, 1.82) is 0 Å². The first-order chi connectivity index (χ1) is 23.4. The zero-order valence-corrected chi connectivity index (χ0v) is 29.9. The molecule has 5 aliphatic carbocycles. The summed E-state index contributed by atoms with van der Waals surface area (Å²) in [6.07, 6.45) is 17.9. The molecule has 0 aromatic carbocycles. The maximum absolute atomic E-state index is 14.4. The highest BCUT2D eigenvalue weighted by Crippen LogP contribution is 2.72. The van der Waals surface area contributed by atoms with E-state index in [0.717, 1.165) is 109 Å². The van der Waals surface area contributed by atoms with Gasteiger partial charge >= 0.3 is 11.9 Å². The number of allylic oxidation sites excluding steroid dienone is 5. The van der Waals surface area contributed by atoms with Crippen LogP contribution in [0.1, 0.15) is 102 Å². The third kappa shape index (κ3) is 5.24. The molecule has 0 amide bonds. The number of hydrogen-bond acceptors (Lipinski definition) is 9. The number of aromatic nitrogens is 1. The number of esters is 2. The minimum Gasteiger partial charge on any atom is -0.427 e. The minimum absolute atomic E-state index is 0.0461. The van der Waals surface area contributed by atoms with Crippen LogP contribution in [-0.2, 0) is 19.1 Å². The number of aliphatic hydroxyl groups is 1. The molecular weight excluding hydrogens is 641 g/mol. The molecule has 48 heavy (non-hydrogen) atoms. The van der Waals surface area contributed by atoms with Gasteiger partial charge in [0.15, 0.2) is 0 Å². The van der Waals surface area contributed by atoms with Gasteiger partial charge in [0.2, 0.25) is 0 Å². The van der Waals surface area contributed by atoms with Crippen molar-refractivity contribution in [2.24, 2.45) is 34.5 Å². The number of nitrogens with zero attached hydrogens (tertiary/aromatic N) is 1. The lowest BCUT2D eigenvalue weighted by atomic mass is 9.43. The maximum Gasteiger partial charge on any atom is 0.340 e. The Morgan fingerprint density at radius 2 is 1.98 bits per heavy atom. The molecule has 3 fully saturated rings. The van der Waals surface area contributed by atoms with Gasteiger partial charge < -0.3 is 19.9 Å². The number of pyridine rings is 1.